The first-order chi connectivity index (χ1) is 11.4. The smallest absolute Gasteiger partial charge is 0.319 e. The van der Waals surface area contributed by atoms with E-state index in [2.05, 4.69) is 10.6 Å². The van der Waals surface area contributed by atoms with E-state index in [-0.39, 0.29) is 12.2 Å². The minimum atomic E-state index is -0.849. The number of anilines is 1. The van der Waals surface area contributed by atoms with Crippen molar-refractivity contribution in [1.29, 1.82) is 5.26 Å². The van der Waals surface area contributed by atoms with Crippen molar-refractivity contribution in [3.63, 3.8) is 0 Å². The van der Waals surface area contributed by atoms with E-state index in [1.54, 1.807) is 19.4 Å². The number of nitro groups is 1. The molecule has 0 aliphatic heterocycles. The molecule has 3 amide bonds. The largest absolute Gasteiger partial charge is 0.325 e. The zero-order valence-corrected chi connectivity index (χ0v) is 14.0. The van der Waals surface area contributed by atoms with Crippen LogP contribution in [0.5, 0.6) is 0 Å². The average Bonchev–Trinajstić information content (AvgIpc) is 2.55. The first kappa shape index (κ1) is 19.2. The van der Waals surface area contributed by atoms with E-state index in [0.29, 0.717) is 11.4 Å². The minimum Gasteiger partial charge on any atom is -0.325 e. The van der Waals surface area contributed by atoms with Crippen molar-refractivity contribution in [1.82, 2.24) is 10.2 Å². The number of non-ortho nitro benzene ring substituents is 1. The van der Waals surface area contributed by atoms with Gasteiger partial charge in [-0.1, -0.05) is 0 Å². The number of rotatable bonds is 7. The number of thioether (sulfide) groups is 1. The second-order valence-corrected chi connectivity index (χ2v) is 5.50. The Labute approximate surface area is 143 Å². The van der Waals surface area contributed by atoms with E-state index in [0.717, 1.165) is 4.90 Å². The standard InChI is InChI=1S/C14H17N5O4S/c1-3-18(9-15)13(20)12(8-24-2)17-14(21)16-10-4-6-11(7-5-10)19(22)23/h4-7,12H,3,8H2,1-2H3,(H2,16,17,21). The Hall–Kier alpha value is -2.80. The van der Waals surface area contributed by atoms with Crippen LogP contribution in [-0.4, -0.2) is 46.4 Å². The highest BCUT2D eigenvalue weighted by Crippen LogP contribution is 2.15. The fourth-order valence-corrected chi connectivity index (χ4v) is 2.36. The Balaban J connectivity index is 2.73. The van der Waals surface area contributed by atoms with Crippen LogP contribution in [0.15, 0.2) is 24.3 Å². The number of nitriles is 1. The molecule has 0 radical (unpaired) electrons. The van der Waals surface area contributed by atoms with Crippen LogP contribution in [-0.2, 0) is 4.79 Å². The SMILES string of the molecule is CCN(C#N)C(=O)C(CSC)NC(=O)Nc1ccc([N+](=O)[O-])cc1. The summed E-state index contributed by atoms with van der Waals surface area (Å²) >= 11 is 1.36. The number of hydrogen-bond donors (Lipinski definition) is 2. The van der Waals surface area contributed by atoms with E-state index in [9.17, 15) is 19.7 Å². The second-order valence-electron chi connectivity index (χ2n) is 4.59. The summed E-state index contributed by atoms with van der Waals surface area (Å²) < 4.78 is 0. The molecule has 0 spiro atoms. The number of urea groups is 1. The monoisotopic (exact) mass is 351 g/mol. The van der Waals surface area contributed by atoms with Gasteiger partial charge in [-0.3, -0.25) is 14.9 Å². The Bertz CT molecular complexity index is 644. The number of amides is 3. The normalized spacial score (nSPS) is 11.0. The zero-order valence-electron chi connectivity index (χ0n) is 13.2. The lowest BCUT2D eigenvalue weighted by atomic mass is 10.3. The fourth-order valence-electron chi connectivity index (χ4n) is 1.80. The molecule has 0 aliphatic rings. The summed E-state index contributed by atoms with van der Waals surface area (Å²) in [5.41, 5.74) is 0.255. The van der Waals surface area contributed by atoms with Crippen molar-refractivity contribution in [3.05, 3.63) is 34.4 Å². The highest BCUT2D eigenvalue weighted by Gasteiger charge is 2.25. The molecule has 0 saturated carbocycles. The van der Waals surface area contributed by atoms with Crippen molar-refractivity contribution in [2.24, 2.45) is 0 Å². The van der Waals surface area contributed by atoms with Crippen LogP contribution < -0.4 is 10.6 Å². The molecule has 1 unspecified atom stereocenters. The Kier molecular flexibility index (Phi) is 7.51. The molecule has 0 heterocycles. The molecular weight excluding hydrogens is 334 g/mol. The molecule has 1 aromatic rings. The molecule has 9 nitrogen and oxygen atoms in total. The van der Waals surface area contributed by atoms with Crippen LogP contribution in [0.2, 0.25) is 0 Å². The van der Waals surface area contributed by atoms with Gasteiger partial charge in [-0.15, -0.1) is 0 Å². The number of nitrogens with one attached hydrogen (secondary N) is 2. The summed E-state index contributed by atoms with van der Waals surface area (Å²) in [6.45, 7) is 1.88. The molecule has 0 fully saturated rings. The van der Waals surface area contributed by atoms with Gasteiger partial charge in [0.1, 0.15) is 6.04 Å². The van der Waals surface area contributed by atoms with Gasteiger partial charge in [0, 0.05) is 30.1 Å². The van der Waals surface area contributed by atoms with Gasteiger partial charge in [0.2, 0.25) is 0 Å². The lowest BCUT2D eigenvalue weighted by molar-refractivity contribution is -0.384. The van der Waals surface area contributed by atoms with Crippen LogP contribution >= 0.6 is 11.8 Å². The summed E-state index contributed by atoms with van der Waals surface area (Å²) in [7, 11) is 0. The number of nitrogens with zero attached hydrogens (tertiary/aromatic N) is 3. The zero-order chi connectivity index (χ0) is 18.1. The summed E-state index contributed by atoms with van der Waals surface area (Å²) in [6, 6.07) is 3.81. The first-order valence-electron chi connectivity index (χ1n) is 6.95. The average molecular weight is 351 g/mol. The molecule has 1 rings (SSSR count). The molecule has 24 heavy (non-hydrogen) atoms. The molecule has 10 heteroatoms. The van der Waals surface area contributed by atoms with Crippen LogP contribution in [0, 0.1) is 21.6 Å². The highest BCUT2D eigenvalue weighted by atomic mass is 32.2. The van der Waals surface area contributed by atoms with E-state index in [1.165, 1.54) is 36.0 Å². The second kappa shape index (κ2) is 9.36. The maximum absolute atomic E-state index is 12.2. The lowest BCUT2D eigenvalue weighted by Gasteiger charge is -2.21. The third-order valence-electron chi connectivity index (χ3n) is 2.98. The van der Waals surface area contributed by atoms with Gasteiger partial charge >= 0.3 is 6.03 Å². The van der Waals surface area contributed by atoms with Crippen LogP contribution in [0.4, 0.5) is 16.2 Å². The first-order valence-corrected chi connectivity index (χ1v) is 8.34. The molecule has 0 aliphatic carbocycles. The minimum absolute atomic E-state index is 0.0935. The number of hydrogen-bond acceptors (Lipinski definition) is 6. The van der Waals surface area contributed by atoms with E-state index in [4.69, 9.17) is 5.26 Å². The lowest BCUT2D eigenvalue weighted by Crippen LogP contribution is -2.49. The van der Waals surface area contributed by atoms with Gasteiger partial charge < -0.3 is 10.6 Å². The van der Waals surface area contributed by atoms with E-state index < -0.39 is 22.9 Å². The predicted octanol–water partition coefficient (Wildman–Crippen LogP) is 1.78. The molecule has 128 valence electrons. The van der Waals surface area contributed by atoms with Crippen LogP contribution in [0.25, 0.3) is 0 Å². The molecule has 1 aromatic carbocycles. The quantitative estimate of drug-likeness (QED) is 0.333. The summed E-state index contributed by atoms with van der Waals surface area (Å²) in [4.78, 5) is 35.2. The molecule has 0 aromatic heterocycles. The van der Waals surface area contributed by atoms with Crippen molar-refractivity contribution in [2.75, 3.05) is 23.9 Å². The summed E-state index contributed by atoms with van der Waals surface area (Å²) in [5, 5.41) is 24.5. The molecule has 0 bridgehead atoms. The van der Waals surface area contributed by atoms with Crippen molar-refractivity contribution >= 4 is 35.1 Å². The van der Waals surface area contributed by atoms with Crippen LogP contribution in [0.1, 0.15) is 6.92 Å². The third kappa shape index (κ3) is 5.44. The number of carbonyl (C=O) groups excluding carboxylic acids is 2. The van der Waals surface area contributed by atoms with Gasteiger partial charge in [0.25, 0.3) is 11.6 Å². The maximum Gasteiger partial charge on any atom is 0.319 e. The third-order valence-corrected chi connectivity index (χ3v) is 3.64. The Morgan fingerprint density at radius 2 is 2.04 bits per heavy atom. The Morgan fingerprint density at radius 1 is 1.42 bits per heavy atom. The number of carbonyl (C=O) groups is 2. The summed E-state index contributed by atoms with van der Waals surface area (Å²) in [5.74, 6) is -0.182. The molecule has 0 saturated heterocycles. The van der Waals surface area contributed by atoms with Crippen molar-refractivity contribution in [2.45, 2.75) is 13.0 Å². The molecule has 1 atom stereocenters. The summed E-state index contributed by atoms with van der Waals surface area (Å²) in [6.07, 6.45) is 3.55. The number of benzene rings is 1. The van der Waals surface area contributed by atoms with Gasteiger partial charge in [-0.05, 0) is 25.3 Å². The van der Waals surface area contributed by atoms with Crippen molar-refractivity contribution < 1.29 is 14.5 Å². The van der Waals surface area contributed by atoms with Crippen LogP contribution in [0.3, 0.4) is 0 Å². The van der Waals surface area contributed by atoms with Gasteiger partial charge in [-0.25, -0.2) is 9.69 Å². The van der Waals surface area contributed by atoms with E-state index in [1.807, 2.05) is 0 Å². The predicted molar refractivity (Wildman–Crippen MR) is 90.4 cm³/mol. The highest BCUT2D eigenvalue weighted by molar-refractivity contribution is 7.98. The van der Waals surface area contributed by atoms with Gasteiger partial charge in [-0.2, -0.15) is 17.0 Å². The molecule has 2 N–H and O–H groups in total. The van der Waals surface area contributed by atoms with E-state index >= 15 is 0 Å². The van der Waals surface area contributed by atoms with Gasteiger partial charge in [0.05, 0.1) is 4.92 Å². The topological polar surface area (TPSA) is 128 Å². The van der Waals surface area contributed by atoms with Crippen molar-refractivity contribution in [3.8, 4) is 6.19 Å². The van der Waals surface area contributed by atoms with Gasteiger partial charge in [0.15, 0.2) is 6.19 Å². The number of nitro benzene ring substituents is 1. The number of likely N-dealkylation sites (N-methyl/N-ethyl adjacent to an activating group) is 1. The maximum atomic E-state index is 12.2. The molecular formula is C14H17N5O4S. The fraction of sp³-hybridized carbons (Fsp3) is 0.357. The Morgan fingerprint density at radius 3 is 2.50 bits per heavy atom.